The summed E-state index contributed by atoms with van der Waals surface area (Å²) in [5.74, 6) is 9.44. The number of hydrogen-bond donors (Lipinski definition) is 2. The molecule has 3 rings (SSSR count). The number of hydrogen-bond acceptors (Lipinski definition) is 3. The molecule has 2 saturated carbocycles. The van der Waals surface area contributed by atoms with Crippen LogP contribution in [0.25, 0.3) is 0 Å². The molecule has 2 aliphatic carbocycles. The lowest BCUT2D eigenvalue weighted by molar-refractivity contribution is 0.393. The Kier molecular flexibility index (Phi) is 2.92. The van der Waals surface area contributed by atoms with E-state index in [9.17, 15) is 0 Å². The highest BCUT2D eigenvalue weighted by molar-refractivity contribution is 5.13. The van der Waals surface area contributed by atoms with E-state index in [1.807, 2.05) is 6.20 Å². The summed E-state index contributed by atoms with van der Waals surface area (Å²) in [6.07, 6.45) is 9.30. The predicted octanol–water partition coefficient (Wildman–Crippen LogP) is 1.84. The molecule has 2 fully saturated rings. The Morgan fingerprint density at radius 2 is 2.29 bits per heavy atom. The highest BCUT2D eigenvalue weighted by Crippen LogP contribution is 2.61. The topological polar surface area (TPSA) is 55.9 Å². The second-order valence-electron chi connectivity index (χ2n) is 5.46. The fourth-order valence-electron chi connectivity index (χ4n) is 3.76. The van der Waals surface area contributed by atoms with E-state index in [2.05, 4.69) is 28.1 Å². The zero-order valence-electron chi connectivity index (χ0n) is 10.5. The highest BCUT2D eigenvalue weighted by Gasteiger charge is 2.56. The molecule has 0 radical (unpaired) electrons. The van der Waals surface area contributed by atoms with Crippen LogP contribution in [0, 0.1) is 17.8 Å². The van der Waals surface area contributed by atoms with Crippen molar-refractivity contribution in [2.24, 2.45) is 23.6 Å². The van der Waals surface area contributed by atoms with E-state index in [0.717, 1.165) is 36.5 Å². The molecular formula is C13H22N4. The molecule has 4 nitrogen and oxygen atoms in total. The van der Waals surface area contributed by atoms with E-state index >= 15 is 0 Å². The van der Waals surface area contributed by atoms with Gasteiger partial charge >= 0.3 is 0 Å². The molecule has 4 heteroatoms. The van der Waals surface area contributed by atoms with Gasteiger partial charge in [0.05, 0.1) is 6.04 Å². The zero-order chi connectivity index (χ0) is 11.8. The molecule has 0 amide bonds. The van der Waals surface area contributed by atoms with Crippen molar-refractivity contribution in [3.8, 4) is 0 Å². The molecule has 3 atom stereocenters. The van der Waals surface area contributed by atoms with Gasteiger partial charge in [0.1, 0.15) is 5.82 Å². The number of nitrogens with zero attached hydrogens (tertiary/aromatic N) is 2. The van der Waals surface area contributed by atoms with E-state index in [-0.39, 0.29) is 6.04 Å². The summed E-state index contributed by atoms with van der Waals surface area (Å²) >= 11 is 0. The quantitative estimate of drug-likeness (QED) is 0.604. The molecule has 2 aliphatic rings. The highest BCUT2D eigenvalue weighted by atomic mass is 15.3. The smallest absolute Gasteiger partial charge is 0.127 e. The van der Waals surface area contributed by atoms with Crippen molar-refractivity contribution in [3.05, 3.63) is 18.2 Å². The molecule has 94 valence electrons. The second-order valence-corrected chi connectivity index (χ2v) is 5.46. The summed E-state index contributed by atoms with van der Waals surface area (Å²) in [6.45, 7) is 3.23. The standard InChI is InChI=1S/C13H22N4/c1-2-7-17-8-6-15-13(17)12(16-14)11-9-4-3-5-10(9)11/h6,8-12,16H,2-5,7,14H2,1H3. The van der Waals surface area contributed by atoms with Gasteiger partial charge in [-0.05, 0) is 37.0 Å². The van der Waals surface area contributed by atoms with Gasteiger partial charge in [0.25, 0.3) is 0 Å². The third-order valence-electron chi connectivity index (χ3n) is 4.53. The van der Waals surface area contributed by atoms with Crippen LogP contribution in [-0.2, 0) is 6.54 Å². The summed E-state index contributed by atoms with van der Waals surface area (Å²) in [4.78, 5) is 4.51. The van der Waals surface area contributed by atoms with Crippen LogP contribution in [0.5, 0.6) is 0 Å². The zero-order valence-corrected chi connectivity index (χ0v) is 10.5. The number of nitrogens with two attached hydrogens (primary N) is 1. The number of rotatable bonds is 5. The molecular weight excluding hydrogens is 212 g/mol. The van der Waals surface area contributed by atoms with Crippen LogP contribution in [0.2, 0.25) is 0 Å². The summed E-state index contributed by atoms with van der Waals surface area (Å²) in [5, 5.41) is 0. The fourth-order valence-corrected chi connectivity index (χ4v) is 3.76. The van der Waals surface area contributed by atoms with Crippen molar-refractivity contribution in [2.45, 2.75) is 45.2 Å². The Hall–Kier alpha value is -0.870. The molecule has 1 aromatic heterocycles. The minimum Gasteiger partial charge on any atom is -0.334 e. The molecule has 3 N–H and O–H groups in total. The summed E-state index contributed by atoms with van der Waals surface area (Å²) in [6, 6.07) is 0.256. The van der Waals surface area contributed by atoms with Gasteiger partial charge < -0.3 is 4.57 Å². The monoisotopic (exact) mass is 234 g/mol. The van der Waals surface area contributed by atoms with Crippen LogP contribution in [0.1, 0.15) is 44.5 Å². The molecule has 0 aliphatic heterocycles. The first kappa shape index (κ1) is 11.2. The summed E-state index contributed by atoms with van der Waals surface area (Å²) in [7, 11) is 0. The molecule has 0 aromatic carbocycles. The average Bonchev–Trinajstić information content (AvgIpc) is 2.75. The third kappa shape index (κ3) is 1.79. The molecule has 1 aromatic rings. The van der Waals surface area contributed by atoms with Crippen molar-refractivity contribution in [1.29, 1.82) is 0 Å². The molecule has 1 heterocycles. The Morgan fingerprint density at radius 3 is 2.94 bits per heavy atom. The number of aromatic nitrogens is 2. The molecule has 17 heavy (non-hydrogen) atoms. The van der Waals surface area contributed by atoms with Gasteiger partial charge in [-0.1, -0.05) is 13.3 Å². The maximum absolute atomic E-state index is 5.77. The Labute approximate surface area is 103 Å². The van der Waals surface area contributed by atoms with Crippen LogP contribution in [-0.4, -0.2) is 9.55 Å². The maximum atomic E-state index is 5.77. The average molecular weight is 234 g/mol. The number of aryl methyl sites for hydroxylation is 1. The first-order valence-electron chi connectivity index (χ1n) is 6.84. The van der Waals surface area contributed by atoms with Crippen LogP contribution in [0.4, 0.5) is 0 Å². The first-order valence-corrected chi connectivity index (χ1v) is 6.84. The van der Waals surface area contributed by atoms with E-state index in [1.54, 1.807) is 0 Å². The van der Waals surface area contributed by atoms with Gasteiger partial charge in [-0.25, -0.2) is 10.4 Å². The van der Waals surface area contributed by atoms with Gasteiger partial charge in [-0.3, -0.25) is 5.84 Å². The van der Waals surface area contributed by atoms with Gasteiger partial charge in [0, 0.05) is 18.9 Å². The lowest BCUT2D eigenvalue weighted by atomic mass is 10.0. The van der Waals surface area contributed by atoms with Crippen molar-refractivity contribution >= 4 is 0 Å². The van der Waals surface area contributed by atoms with Gasteiger partial charge in [0.15, 0.2) is 0 Å². The Morgan fingerprint density at radius 1 is 1.53 bits per heavy atom. The van der Waals surface area contributed by atoms with Crippen molar-refractivity contribution < 1.29 is 0 Å². The van der Waals surface area contributed by atoms with Crippen LogP contribution < -0.4 is 11.3 Å². The lowest BCUT2D eigenvalue weighted by Gasteiger charge is -2.18. The molecule has 0 saturated heterocycles. The van der Waals surface area contributed by atoms with Crippen molar-refractivity contribution in [1.82, 2.24) is 15.0 Å². The Bertz CT molecular complexity index is 377. The fraction of sp³-hybridized carbons (Fsp3) is 0.769. The van der Waals surface area contributed by atoms with Gasteiger partial charge in [0.2, 0.25) is 0 Å². The predicted molar refractivity (Wildman–Crippen MR) is 66.9 cm³/mol. The van der Waals surface area contributed by atoms with Crippen molar-refractivity contribution in [3.63, 3.8) is 0 Å². The molecule has 3 unspecified atom stereocenters. The van der Waals surface area contributed by atoms with E-state index in [0.29, 0.717) is 0 Å². The number of imidazole rings is 1. The van der Waals surface area contributed by atoms with E-state index in [4.69, 9.17) is 5.84 Å². The van der Waals surface area contributed by atoms with Crippen LogP contribution >= 0.6 is 0 Å². The summed E-state index contributed by atoms with van der Waals surface area (Å²) in [5.41, 5.74) is 3.01. The van der Waals surface area contributed by atoms with E-state index < -0.39 is 0 Å². The second kappa shape index (κ2) is 4.42. The minimum atomic E-state index is 0.256. The number of nitrogens with one attached hydrogen (secondary N) is 1. The normalized spacial score (nSPS) is 32.5. The number of hydrazine groups is 1. The molecule has 0 bridgehead atoms. The first-order chi connectivity index (χ1) is 8.36. The SMILES string of the molecule is CCCn1ccnc1C(NN)C1C2CCCC21. The largest absolute Gasteiger partial charge is 0.334 e. The van der Waals surface area contributed by atoms with E-state index in [1.165, 1.54) is 19.3 Å². The van der Waals surface area contributed by atoms with Gasteiger partial charge in [-0.2, -0.15) is 0 Å². The molecule has 0 spiro atoms. The number of fused-ring (bicyclic) bond motifs is 1. The lowest BCUT2D eigenvalue weighted by Crippen LogP contribution is -2.33. The van der Waals surface area contributed by atoms with Crippen molar-refractivity contribution in [2.75, 3.05) is 0 Å². The van der Waals surface area contributed by atoms with Crippen LogP contribution in [0.3, 0.4) is 0 Å². The minimum absolute atomic E-state index is 0.256. The Balaban J connectivity index is 1.78. The third-order valence-corrected chi connectivity index (χ3v) is 4.53. The van der Waals surface area contributed by atoms with Crippen LogP contribution in [0.15, 0.2) is 12.4 Å². The van der Waals surface area contributed by atoms with Gasteiger partial charge in [-0.15, -0.1) is 0 Å². The summed E-state index contributed by atoms with van der Waals surface area (Å²) < 4.78 is 2.25. The maximum Gasteiger partial charge on any atom is 0.127 e.